The van der Waals surface area contributed by atoms with Crippen LogP contribution in [0.1, 0.15) is 80.1 Å². The molecule has 2 aromatic heterocycles. The van der Waals surface area contributed by atoms with Gasteiger partial charge in [-0.05, 0) is 101 Å². The first-order valence-electron chi connectivity index (χ1n) is 19.2. The lowest BCUT2D eigenvalue weighted by molar-refractivity contribution is -0.163. The summed E-state index contributed by atoms with van der Waals surface area (Å²) in [5.74, 6) is 0.232. The van der Waals surface area contributed by atoms with Gasteiger partial charge in [-0.15, -0.1) is 0 Å². The Morgan fingerprint density at radius 3 is 2.66 bits per heavy atom. The van der Waals surface area contributed by atoms with E-state index in [-0.39, 0.29) is 18.2 Å². The summed E-state index contributed by atoms with van der Waals surface area (Å²) in [6, 6.07) is 13.6. The summed E-state index contributed by atoms with van der Waals surface area (Å²) in [5.41, 5.74) is 6.06. The van der Waals surface area contributed by atoms with Crippen molar-refractivity contribution in [1.82, 2.24) is 24.3 Å². The second-order valence-corrected chi connectivity index (χ2v) is 14.7. The van der Waals surface area contributed by atoms with Crippen molar-refractivity contribution in [3.05, 3.63) is 77.1 Å². The lowest BCUT2D eigenvalue weighted by Crippen LogP contribution is -2.50. The van der Waals surface area contributed by atoms with Gasteiger partial charge in [0.15, 0.2) is 12.1 Å². The minimum Gasteiger partial charge on any atom is -0.353 e. The number of hydrogen-bond acceptors (Lipinski definition) is 9. The number of hydrogen-bond donors (Lipinski definition) is 0. The largest absolute Gasteiger partial charge is 0.353 e. The molecule has 1 amide bonds. The number of aromatic nitrogens is 3. The maximum absolute atomic E-state index is 14.6. The zero-order chi connectivity index (χ0) is 37.1. The van der Waals surface area contributed by atoms with Gasteiger partial charge in [-0.1, -0.05) is 6.07 Å². The van der Waals surface area contributed by atoms with Gasteiger partial charge < -0.3 is 28.7 Å². The molecule has 0 spiro atoms. The Balaban J connectivity index is 1.02. The molecule has 280 valence electrons. The molecule has 0 radical (unpaired) electrons. The first-order chi connectivity index (χ1) is 25.8. The van der Waals surface area contributed by atoms with Gasteiger partial charge in [0.05, 0.1) is 24.1 Å². The monoisotopic (exact) mass is 722 g/mol. The number of rotatable bonds is 11. The number of aryl methyl sites for hydroxylation is 1. The topological polar surface area (TPSA) is 103 Å². The summed E-state index contributed by atoms with van der Waals surface area (Å²) in [5, 5.41) is 11.1. The van der Waals surface area contributed by atoms with Crippen molar-refractivity contribution in [3.63, 3.8) is 0 Å². The fourth-order valence-corrected chi connectivity index (χ4v) is 8.35. The van der Waals surface area contributed by atoms with Crippen LogP contribution in [0.4, 0.5) is 21.6 Å². The highest BCUT2D eigenvalue weighted by molar-refractivity contribution is 6.01. The number of likely N-dealkylation sites (tertiary alicyclic amines) is 1. The van der Waals surface area contributed by atoms with Gasteiger partial charge in [-0.3, -0.25) is 9.69 Å². The summed E-state index contributed by atoms with van der Waals surface area (Å²) in [6.45, 7) is 14.6. The van der Waals surface area contributed by atoms with Crippen molar-refractivity contribution in [3.8, 4) is 6.07 Å². The normalized spacial score (nSPS) is 18.4. The van der Waals surface area contributed by atoms with E-state index in [1.165, 1.54) is 23.3 Å². The Kier molecular flexibility index (Phi) is 11.2. The molecular formula is C41H51FN8O3. The molecule has 4 aromatic rings. The highest BCUT2D eigenvalue weighted by Gasteiger charge is 2.34. The van der Waals surface area contributed by atoms with Crippen molar-refractivity contribution >= 4 is 34.0 Å². The number of carbonyl (C=O) groups excluding carboxylic acids is 1. The number of carbonyl (C=O) groups is 1. The van der Waals surface area contributed by atoms with Gasteiger partial charge in [0.2, 0.25) is 0 Å². The van der Waals surface area contributed by atoms with Crippen molar-refractivity contribution < 1.29 is 18.7 Å². The minimum absolute atomic E-state index is 0.00980. The Labute approximate surface area is 311 Å². The number of nitrogens with zero attached hydrogens (tertiary/aromatic N) is 8. The van der Waals surface area contributed by atoms with Crippen LogP contribution in [0.2, 0.25) is 0 Å². The van der Waals surface area contributed by atoms with E-state index in [4.69, 9.17) is 14.5 Å². The van der Waals surface area contributed by atoms with Crippen molar-refractivity contribution in [2.45, 2.75) is 91.3 Å². The van der Waals surface area contributed by atoms with E-state index >= 15 is 0 Å². The Morgan fingerprint density at radius 2 is 1.92 bits per heavy atom. The van der Waals surface area contributed by atoms with Crippen molar-refractivity contribution in [2.75, 3.05) is 55.7 Å². The number of ether oxygens (including phenoxy) is 2. The molecule has 53 heavy (non-hydrogen) atoms. The van der Waals surface area contributed by atoms with E-state index in [2.05, 4.69) is 49.4 Å². The van der Waals surface area contributed by atoms with E-state index in [9.17, 15) is 14.4 Å². The Morgan fingerprint density at radius 1 is 1.09 bits per heavy atom. The second-order valence-electron chi connectivity index (χ2n) is 14.7. The maximum Gasteiger partial charge on any atom is 0.256 e. The third-order valence-corrected chi connectivity index (χ3v) is 11.2. The molecular weight excluding hydrogens is 672 g/mol. The fourth-order valence-electron chi connectivity index (χ4n) is 8.35. The lowest BCUT2D eigenvalue weighted by atomic mass is 9.99. The number of halogens is 1. The summed E-state index contributed by atoms with van der Waals surface area (Å²) in [6.07, 6.45) is 8.37. The summed E-state index contributed by atoms with van der Waals surface area (Å²) >= 11 is 0. The third kappa shape index (κ3) is 7.61. The Bertz CT molecular complexity index is 1960. The van der Waals surface area contributed by atoms with Crippen LogP contribution in [0.5, 0.6) is 0 Å². The van der Waals surface area contributed by atoms with Crippen LogP contribution >= 0.6 is 0 Å². The molecule has 0 N–H and O–H groups in total. The first kappa shape index (κ1) is 36.8. The minimum atomic E-state index is -0.432. The average Bonchev–Trinajstić information content (AvgIpc) is 3.54. The number of piperidine rings is 1. The predicted octanol–water partition coefficient (Wildman–Crippen LogP) is 6.79. The molecule has 7 rings (SSSR count). The number of fused-ring (bicyclic) bond motifs is 2. The van der Waals surface area contributed by atoms with Gasteiger partial charge >= 0.3 is 0 Å². The highest BCUT2D eigenvalue weighted by atomic mass is 19.1. The molecule has 2 aromatic carbocycles. The molecule has 0 bridgehead atoms. The van der Waals surface area contributed by atoms with E-state index in [1.807, 2.05) is 33.0 Å². The van der Waals surface area contributed by atoms with E-state index in [0.29, 0.717) is 49.2 Å². The maximum atomic E-state index is 14.6. The average molecular weight is 723 g/mol. The zero-order valence-corrected chi connectivity index (χ0v) is 31.4. The van der Waals surface area contributed by atoms with Gasteiger partial charge in [-0.2, -0.15) is 5.26 Å². The molecule has 2 fully saturated rings. The number of nitriles is 1. The number of anilines is 3. The van der Waals surface area contributed by atoms with Crippen LogP contribution in [0.25, 0.3) is 10.9 Å². The summed E-state index contributed by atoms with van der Waals surface area (Å²) < 4.78 is 28.4. The van der Waals surface area contributed by atoms with Crippen LogP contribution in [0, 0.1) is 24.1 Å². The molecule has 3 aliphatic heterocycles. The van der Waals surface area contributed by atoms with E-state index in [1.54, 1.807) is 17.3 Å². The molecule has 0 saturated carbocycles. The van der Waals surface area contributed by atoms with Crippen LogP contribution in [-0.4, -0.2) is 94.6 Å². The quantitative estimate of drug-likeness (QED) is 0.166. The standard InChI is InChI=1S/C41H51FN8O3/c1-5-47(28(2)3)41(51)35-22-31(42)10-12-37(35)50-18-17-49(40-38(50)25-44-27-45-40)32-13-15-46(16-14-32)26-30-9-11-36-34(29(30)4)23-33(24-43)48(36)19-21-53-39-8-6-7-20-52-39/h9-12,22-23,25,27-28,32,39H,5-8,13-21,26H2,1-4H3. The van der Waals surface area contributed by atoms with Gasteiger partial charge in [0, 0.05) is 75.4 Å². The summed E-state index contributed by atoms with van der Waals surface area (Å²) in [4.78, 5) is 31.6. The summed E-state index contributed by atoms with van der Waals surface area (Å²) in [7, 11) is 0. The number of benzene rings is 2. The Hall–Kier alpha value is -4.57. The molecule has 12 heteroatoms. The molecule has 5 heterocycles. The third-order valence-electron chi connectivity index (χ3n) is 11.2. The van der Waals surface area contributed by atoms with Crippen LogP contribution in [0.3, 0.4) is 0 Å². The van der Waals surface area contributed by atoms with Crippen LogP contribution in [-0.2, 0) is 22.6 Å². The van der Waals surface area contributed by atoms with Gasteiger partial charge in [0.25, 0.3) is 5.91 Å². The lowest BCUT2D eigenvalue weighted by Gasteiger charge is -2.44. The van der Waals surface area contributed by atoms with Crippen molar-refractivity contribution in [2.24, 2.45) is 0 Å². The van der Waals surface area contributed by atoms with Crippen molar-refractivity contribution in [1.29, 1.82) is 5.26 Å². The van der Waals surface area contributed by atoms with E-state index < -0.39 is 5.82 Å². The highest BCUT2D eigenvalue weighted by Crippen LogP contribution is 2.40. The SMILES string of the molecule is CCN(C(=O)c1cc(F)ccc1N1CCN(C2CCN(Cc3ccc4c(cc(C#N)n4CCOC4CCCCO4)c3C)CC2)c2ncncc21)C(C)C. The first-order valence-corrected chi connectivity index (χ1v) is 19.2. The fraction of sp³-hybridized carbons (Fsp3) is 0.512. The molecule has 11 nitrogen and oxygen atoms in total. The number of amides is 1. The molecule has 1 atom stereocenters. The molecule has 3 aliphatic rings. The smallest absolute Gasteiger partial charge is 0.256 e. The molecule has 1 unspecified atom stereocenters. The molecule has 0 aliphatic carbocycles. The van der Waals surface area contributed by atoms with Crippen LogP contribution in [0.15, 0.2) is 48.9 Å². The second kappa shape index (κ2) is 16.2. The zero-order valence-electron chi connectivity index (χ0n) is 31.4. The van der Waals surface area contributed by atoms with E-state index in [0.717, 1.165) is 87.3 Å². The predicted molar refractivity (Wildman–Crippen MR) is 204 cm³/mol. The molecule has 2 saturated heterocycles. The van der Waals surface area contributed by atoms with Gasteiger partial charge in [0.1, 0.15) is 29.6 Å². The van der Waals surface area contributed by atoms with Crippen LogP contribution < -0.4 is 9.80 Å². The van der Waals surface area contributed by atoms with Gasteiger partial charge in [-0.25, -0.2) is 14.4 Å².